The maximum Gasteiger partial charge on any atom is 0.121 e. The van der Waals surface area contributed by atoms with Crippen molar-refractivity contribution in [2.45, 2.75) is 123 Å². The first-order valence-electron chi connectivity index (χ1n) is 16.1. The Morgan fingerprint density at radius 3 is 1.43 bits per heavy atom. The maximum atomic E-state index is 10.3. The van der Waals surface area contributed by atoms with E-state index in [9.17, 15) is 10.2 Å². The van der Waals surface area contributed by atoms with Crippen LogP contribution in [0.2, 0.25) is 0 Å². The summed E-state index contributed by atoms with van der Waals surface area (Å²) < 4.78 is 12.4. The molecule has 4 heteroatoms. The number of epoxide rings is 2. The van der Waals surface area contributed by atoms with E-state index < -0.39 is 5.60 Å². The quantitative estimate of drug-likeness (QED) is 0.150. The van der Waals surface area contributed by atoms with Crippen molar-refractivity contribution in [1.82, 2.24) is 0 Å². The summed E-state index contributed by atoms with van der Waals surface area (Å²) in [6.45, 7) is 23.4. The lowest BCUT2D eigenvalue weighted by Gasteiger charge is -2.45. The van der Waals surface area contributed by atoms with Crippen LogP contribution >= 0.6 is 0 Å². The lowest BCUT2D eigenvalue weighted by atomic mass is 9.63. The highest BCUT2D eigenvalue weighted by atomic mass is 16.6. The minimum absolute atomic E-state index is 0.0988. The van der Waals surface area contributed by atoms with Gasteiger partial charge in [-0.1, -0.05) is 122 Å². The number of hydrogen-bond donors (Lipinski definition) is 2. The van der Waals surface area contributed by atoms with E-state index in [2.05, 4.69) is 154 Å². The molecule has 0 aromatic heterocycles. The number of fused-ring (bicyclic) bond motifs is 2. The van der Waals surface area contributed by atoms with E-state index in [4.69, 9.17) is 9.47 Å². The second kappa shape index (κ2) is 12.4. The monoisotopic (exact) mass is 599 g/mol. The Labute approximate surface area is 267 Å². The van der Waals surface area contributed by atoms with Gasteiger partial charge in [-0.05, 0) is 60.5 Å². The van der Waals surface area contributed by atoms with Crippen molar-refractivity contribution in [3.05, 3.63) is 114 Å². The van der Waals surface area contributed by atoms with Gasteiger partial charge in [-0.15, -0.1) is 5.41 Å². The second-order valence-electron chi connectivity index (χ2n) is 15.1. The zero-order chi connectivity index (χ0) is 32.6. The highest BCUT2D eigenvalue weighted by Gasteiger charge is 2.74. The number of aliphatic hydroxyl groups is 2. The molecule has 240 valence electrons. The molecule has 0 amide bonds. The molecular weight excluding hydrogens is 544 g/mol. The van der Waals surface area contributed by atoms with Gasteiger partial charge in [0.25, 0.3) is 0 Å². The fourth-order valence-corrected chi connectivity index (χ4v) is 7.80. The number of hydrogen-bond acceptors (Lipinski definition) is 4. The highest BCUT2D eigenvalue weighted by Crippen LogP contribution is 2.67. The molecule has 2 saturated carbocycles. The minimum atomic E-state index is -0.405. The van der Waals surface area contributed by atoms with Gasteiger partial charge in [-0.25, -0.2) is 0 Å². The summed E-state index contributed by atoms with van der Waals surface area (Å²) in [6.07, 6.45) is 31.6. The zero-order valence-corrected chi connectivity index (χ0v) is 28.5. The Morgan fingerprint density at radius 1 is 0.568 bits per heavy atom. The van der Waals surface area contributed by atoms with Crippen LogP contribution in [0.1, 0.15) is 88.0 Å². The molecule has 0 unspecified atom stereocenters. The first kappa shape index (κ1) is 34.4. The van der Waals surface area contributed by atoms with Gasteiger partial charge in [0, 0.05) is 18.3 Å². The molecule has 2 saturated heterocycles. The predicted molar refractivity (Wildman–Crippen MR) is 183 cm³/mol. The van der Waals surface area contributed by atoms with Crippen LogP contribution in [0.25, 0.3) is 0 Å². The molecule has 4 fully saturated rings. The third-order valence-electron chi connectivity index (χ3n) is 10.3. The third kappa shape index (κ3) is 6.84. The minimum Gasteiger partial charge on any atom is -0.393 e. The highest BCUT2D eigenvalue weighted by molar-refractivity contribution is 5.39. The fraction of sp³-hybridized carbons (Fsp3) is 0.525. The van der Waals surface area contributed by atoms with Crippen LogP contribution < -0.4 is 0 Å². The van der Waals surface area contributed by atoms with Crippen LogP contribution in [0.4, 0.5) is 0 Å². The van der Waals surface area contributed by atoms with Crippen molar-refractivity contribution in [2.24, 2.45) is 10.8 Å². The van der Waals surface area contributed by atoms with Crippen molar-refractivity contribution in [2.75, 3.05) is 0 Å². The number of rotatable bonds is 10. The van der Waals surface area contributed by atoms with Gasteiger partial charge in [0.05, 0.1) is 23.4 Å². The lowest BCUT2D eigenvalue weighted by molar-refractivity contribution is 0.0514. The normalized spacial score (nSPS) is 41.4. The summed E-state index contributed by atoms with van der Waals surface area (Å²) in [7, 11) is 0. The van der Waals surface area contributed by atoms with E-state index in [1.54, 1.807) is 0 Å². The molecule has 0 aromatic carbocycles. The molecule has 2 aliphatic carbocycles. The van der Waals surface area contributed by atoms with E-state index in [1.807, 2.05) is 0 Å². The molecule has 2 N–H and O–H groups in total. The number of ether oxygens (including phenoxy) is 2. The first-order chi connectivity index (χ1) is 20.4. The van der Waals surface area contributed by atoms with Crippen LogP contribution in [0.15, 0.2) is 107 Å². The summed E-state index contributed by atoms with van der Waals surface area (Å²) in [5.74, 6) is 0. The smallest absolute Gasteiger partial charge is 0.121 e. The van der Waals surface area contributed by atoms with Gasteiger partial charge >= 0.3 is 0 Å². The van der Waals surface area contributed by atoms with Crippen LogP contribution in [0.3, 0.4) is 0 Å². The van der Waals surface area contributed by atoms with Crippen LogP contribution in [-0.4, -0.2) is 44.8 Å². The van der Waals surface area contributed by atoms with E-state index in [-0.39, 0.29) is 39.8 Å². The number of allylic oxidation sites excluding steroid dienone is 16. The average Bonchev–Trinajstić information content (AvgIpc) is 3.73. The van der Waals surface area contributed by atoms with Crippen LogP contribution in [0.5, 0.6) is 0 Å². The molecule has 4 nitrogen and oxygen atoms in total. The Morgan fingerprint density at radius 2 is 0.955 bits per heavy atom. The summed E-state index contributed by atoms with van der Waals surface area (Å²) >= 11 is 0. The lowest BCUT2D eigenvalue weighted by Crippen LogP contribution is -2.46. The summed E-state index contributed by atoms with van der Waals surface area (Å²) in [4.78, 5) is 0. The predicted octanol–water partition coefficient (Wildman–Crippen LogP) is 8.78. The van der Waals surface area contributed by atoms with Crippen molar-refractivity contribution in [3.63, 3.8) is 0 Å². The standard InChI is InChI=1S/C40H55O4/c1-29(17-13-19-31(3)21-23-39-35(5,6)25-33(41)27-37(39,9)43-39)15-11-12-16-30(2)18-14-20-32(4)22-24-40-36(7,8)26-34(42)28-38(40,10)44-40/h11-24,33-34,41-42H,5,25-28H2,1-4,6-10H3/q-1/b12-11+,17-13+,18-14+,23-21+,24-22+,29-15+,30-16+,31-19+,32-20+/t33-,34-,35-,37+,38+,39-,40-/m0/s1. The molecule has 2 heterocycles. The van der Waals surface area contributed by atoms with Crippen LogP contribution in [0, 0.1) is 17.8 Å². The summed E-state index contributed by atoms with van der Waals surface area (Å²) in [5.41, 5.74) is 2.89. The van der Waals surface area contributed by atoms with Gasteiger partial charge in [0.2, 0.25) is 0 Å². The van der Waals surface area contributed by atoms with E-state index >= 15 is 0 Å². The number of aliphatic hydroxyl groups excluding tert-OH is 2. The molecule has 4 rings (SSSR count). The van der Waals surface area contributed by atoms with Crippen molar-refractivity contribution < 1.29 is 19.7 Å². The second-order valence-corrected chi connectivity index (χ2v) is 15.1. The maximum absolute atomic E-state index is 10.3. The van der Waals surface area contributed by atoms with Crippen LogP contribution in [-0.2, 0) is 9.47 Å². The fourth-order valence-electron chi connectivity index (χ4n) is 7.80. The Bertz CT molecular complexity index is 1270. The Kier molecular flexibility index (Phi) is 9.66. The Hall–Kier alpha value is -2.50. The molecule has 4 aliphatic rings. The van der Waals surface area contributed by atoms with E-state index in [1.165, 1.54) is 5.57 Å². The molecule has 7 atom stereocenters. The van der Waals surface area contributed by atoms with E-state index in [0.29, 0.717) is 19.3 Å². The molecule has 0 bridgehead atoms. The molecule has 44 heavy (non-hydrogen) atoms. The molecule has 0 aromatic rings. The van der Waals surface area contributed by atoms with E-state index in [0.717, 1.165) is 23.1 Å². The van der Waals surface area contributed by atoms with Crippen molar-refractivity contribution >= 4 is 0 Å². The Balaban J connectivity index is 1.25. The zero-order valence-electron chi connectivity index (χ0n) is 28.5. The van der Waals surface area contributed by atoms with Gasteiger partial charge in [0.15, 0.2) is 0 Å². The summed E-state index contributed by atoms with van der Waals surface area (Å²) in [5, 5.41) is 20.5. The van der Waals surface area contributed by atoms with Gasteiger partial charge in [0.1, 0.15) is 11.2 Å². The molecule has 0 spiro atoms. The first-order valence-corrected chi connectivity index (χ1v) is 16.1. The van der Waals surface area contributed by atoms with Gasteiger partial charge in [-0.3, -0.25) is 0 Å². The van der Waals surface area contributed by atoms with Gasteiger partial charge < -0.3 is 26.6 Å². The largest absolute Gasteiger partial charge is 0.393 e. The molecular formula is C40H55O4-. The molecule has 0 radical (unpaired) electrons. The molecule has 2 aliphatic heterocycles. The van der Waals surface area contributed by atoms with Crippen molar-refractivity contribution in [3.8, 4) is 0 Å². The average molecular weight is 600 g/mol. The SMILES string of the molecule is [CH2-][C@]1(C)C[C@H](O)C[C@@]2(C)O[C@@]12/C=C/C(C)=C/C=C/C(C)=C/C=C/C=C(C)/C=C/C=C(C)/C=C/[C@@]12O[C@]1(C)C[C@@H](O)CC2(C)C. The van der Waals surface area contributed by atoms with Crippen molar-refractivity contribution in [1.29, 1.82) is 0 Å². The topological polar surface area (TPSA) is 65.5 Å². The third-order valence-corrected chi connectivity index (χ3v) is 10.3. The summed E-state index contributed by atoms with van der Waals surface area (Å²) in [6, 6.07) is 0. The van der Waals surface area contributed by atoms with Gasteiger partial charge in [-0.2, -0.15) is 0 Å².